The fraction of sp³-hybridized carbons (Fsp3) is 0.615. The lowest BCUT2D eigenvalue weighted by molar-refractivity contribution is -0.132. The molecule has 2 atom stereocenters. The molecular weight excluding hydrogens is 260 g/mol. The molecule has 0 rings (SSSR count). The van der Waals surface area contributed by atoms with Gasteiger partial charge in [0.1, 0.15) is 12.1 Å². The molecule has 0 radical (unpaired) electrons. The lowest BCUT2D eigenvalue weighted by Crippen LogP contribution is -2.55. The van der Waals surface area contributed by atoms with E-state index in [0.29, 0.717) is 0 Å². The van der Waals surface area contributed by atoms with Crippen molar-refractivity contribution in [3.05, 3.63) is 12.7 Å². The smallest absolute Gasteiger partial charge is 0.256 e. The molecular formula is C13H24N4O3. The Bertz CT molecular complexity index is 369. The largest absolute Gasteiger partial charge is 0.344 e. The molecule has 7 nitrogen and oxygen atoms in total. The molecule has 7 heteroatoms. The second-order valence-corrected chi connectivity index (χ2v) is 4.75. The van der Waals surface area contributed by atoms with Gasteiger partial charge >= 0.3 is 0 Å². The van der Waals surface area contributed by atoms with Crippen LogP contribution in [0, 0.1) is 5.92 Å². The van der Waals surface area contributed by atoms with Crippen molar-refractivity contribution in [1.82, 2.24) is 21.5 Å². The number of hydrogen-bond acceptors (Lipinski definition) is 4. The summed E-state index contributed by atoms with van der Waals surface area (Å²) in [5.74, 6) is -1.12. The first-order valence-corrected chi connectivity index (χ1v) is 6.50. The molecule has 3 amide bonds. The average Bonchev–Trinajstić information content (AvgIpc) is 2.35. The Morgan fingerprint density at radius 1 is 1.10 bits per heavy atom. The standard InChI is InChI=1S/C13H24N4O3/c1-6-7-10(18)16-11(8(2)3)13(20)15-9(4)12(19)17-14-5/h6,8-9,11,14H,1,7H2,2-5H3,(H,15,20)(H,16,18)(H,17,19)/t9-,11-/m0/s1. The second kappa shape index (κ2) is 9.08. The molecule has 0 aromatic heterocycles. The minimum absolute atomic E-state index is 0.0941. The summed E-state index contributed by atoms with van der Waals surface area (Å²) in [6.07, 6.45) is 1.61. The molecule has 0 saturated carbocycles. The third-order valence-corrected chi connectivity index (χ3v) is 2.60. The fourth-order valence-electron chi connectivity index (χ4n) is 1.50. The van der Waals surface area contributed by atoms with E-state index in [1.807, 2.05) is 13.8 Å². The maximum Gasteiger partial charge on any atom is 0.256 e. The summed E-state index contributed by atoms with van der Waals surface area (Å²) in [4.78, 5) is 35.1. The first kappa shape index (κ1) is 18.1. The van der Waals surface area contributed by atoms with Crippen LogP contribution in [0.25, 0.3) is 0 Å². The minimum atomic E-state index is -0.701. The summed E-state index contributed by atoms with van der Waals surface area (Å²) in [5.41, 5.74) is 4.87. The average molecular weight is 284 g/mol. The highest BCUT2D eigenvalue weighted by atomic mass is 16.2. The number of amides is 3. The SMILES string of the molecule is C=CCC(=O)N[C@H](C(=O)N[C@@H](C)C(=O)NNC)C(C)C. The van der Waals surface area contributed by atoms with Crippen LogP contribution in [0.4, 0.5) is 0 Å². The highest BCUT2D eigenvalue weighted by Crippen LogP contribution is 2.03. The van der Waals surface area contributed by atoms with Crippen LogP contribution in [0.3, 0.4) is 0 Å². The summed E-state index contributed by atoms with van der Waals surface area (Å²) in [6, 6.07) is -1.39. The van der Waals surface area contributed by atoms with Gasteiger partial charge in [0, 0.05) is 13.5 Å². The number of nitrogens with one attached hydrogen (secondary N) is 4. The van der Waals surface area contributed by atoms with Crippen LogP contribution < -0.4 is 21.5 Å². The van der Waals surface area contributed by atoms with Gasteiger partial charge in [-0.25, -0.2) is 5.43 Å². The lowest BCUT2D eigenvalue weighted by Gasteiger charge is -2.23. The zero-order valence-electron chi connectivity index (χ0n) is 12.4. The normalized spacial score (nSPS) is 13.2. The zero-order chi connectivity index (χ0) is 15.7. The van der Waals surface area contributed by atoms with E-state index in [9.17, 15) is 14.4 Å². The van der Waals surface area contributed by atoms with Gasteiger partial charge < -0.3 is 10.6 Å². The van der Waals surface area contributed by atoms with Crippen molar-refractivity contribution >= 4 is 17.7 Å². The Hall–Kier alpha value is -1.89. The lowest BCUT2D eigenvalue weighted by atomic mass is 10.0. The van der Waals surface area contributed by atoms with E-state index in [1.165, 1.54) is 6.08 Å². The van der Waals surface area contributed by atoms with Crippen molar-refractivity contribution in [2.45, 2.75) is 39.3 Å². The van der Waals surface area contributed by atoms with Crippen molar-refractivity contribution in [3.8, 4) is 0 Å². The molecule has 0 aromatic carbocycles. The summed E-state index contributed by atoms with van der Waals surface area (Å²) in [7, 11) is 1.55. The Labute approximate surface area is 119 Å². The van der Waals surface area contributed by atoms with Crippen LogP contribution in [0.1, 0.15) is 27.2 Å². The number of hydrogen-bond donors (Lipinski definition) is 4. The summed E-state index contributed by atoms with van der Waals surface area (Å²) >= 11 is 0. The molecule has 20 heavy (non-hydrogen) atoms. The van der Waals surface area contributed by atoms with Crippen LogP contribution in [-0.2, 0) is 14.4 Å². The van der Waals surface area contributed by atoms with Gasteiger partial charge in [0.25, 0.3) is 5.91 Å². The summed E-state index contributed by atoms with van der Waals surface area (Å²) in [6.45, 7) is 8.66. The molecule has 0 aromatic rings. The van der Waals surface area contributed by atoms with E-state index in [2.05, 4.69) is 28.1 Å². The van der Waals surface area contributed by atoms with Crippen LogP contribution in [0.5, 0.6) is 0 Å². The Balaban J connectivity index is 4.61. The molecule has 114 valence electrons. The molecule has 0 saturated heterocycles. The molecule has 0 spiro atoms. The van der Waals surface area contributed by atoms with E-state index in [0.717, 1.165) is 0 Å². The fourth-order valence-corrected chi connectivity index (χ4v) is 1.50. The molecule has 0 aliphatic rings. The molecule has 0 fully saturated rings. The number of carbonyl (C=O) groups is 3. The van der Waals surface area contributed by atoms with Crippen LogP contribution in [0.2, 0.25) is 0 Å². The van der Waals surface area contributed by atoms with Gasteiger partial charge in [-0.1, -0.05) is 19.9 Å². The van der Waals surface area contributed by atoms with E-state index in [1.54, 1.807) is 14.0 Å². The highest BCUT2D eigenvalue weighted by molar-refractivity contribution is 5.92. The van der Waals surface area contributed by atoms with Crippen molar-refractivity contribution in [2.75, 3.05) is 7.05 Å². The minimum Gasteiger partial charge on any atom is -0.344 e. The third kappa shape index (κ3) is 6.33. The van der Waals surface area contributed by atoms with E-state index >= 15 is 0 Å². The van der Waals surface area contributed by atoms with Crippen LogP contribution in [-0.4, -0.2) is 36.9 Å². The van der Waals surface area contributed by atoms with E-state index in [-0.39, 0.29) is 24.2 Å². The van der Waals surface area contributed by atoms with Crippen molar-refractivity contribution in [1.29, 1.82) is 0 Å². The topological polar surface area (TPSA) is 99.3 Å². The van der Waals surface area contributed by atoms with Gasteiger partial charge in [-0.15, -0.1) is 6.58 Å². The molecule has 4 N–H and O–H groups in total. The number of carbonyl (C=O) groups excluding carboxylic acids is 3. The first-order valence-electron chi connectivity index (χ1n) is 6.50. The van der Waals surface area contributed by atoms with Crippen molar-refractivity contribution in [3.63, 3.8) is 0 Å². The first-order chi connectivity index (χ1) is 9.33. The van der Waals surface area contributed by atoms with E-state index < -0.39 is 18.0 Å². The maximum absolute atomic E-state index is 12.1. The quantitative estimate of drug-likeness (QED) is 0.355. The predicted molar refractivity (Wildman–Crippen MR) is 76.4 cm³/mol. The molecule has 0 heterocycles. The van der Waals surface area contributed by atoms with Crippen molar-refractivity contribution < 1.29 is 14.4 Å². The molecule has 0 unspecified atom stereocenters. The second-order valence-electron chi connectivity index (χ2n) is 4.75. The van der Waals surface area contributed by atoms with Crippen molar-refractivity contribution in [2.24, 2.45) is 5.92 Å². The number of hydrazine groups is 1. The van der Waals surface area contributed by atoms with Gasteiger partial charge in [0.2, 0.25) is 11.8 Å². The molecule has 0 aliphatic carbocycles. The van der Waals surface area contributed by atoms with Gasteiger partial charge in [-0.2, -0.15) is 0 Å². The number of rotatable bonds is 8. The highest BCUT2D eigenvalue weighted by Gasteiger charge is 2.26. The van der Waals surface area contributed by atoms with Crippen LogP contribution >= 0.6 is 0 Å². The van der Waals surface area contributed by atoms with Gasteiger partial charge in [0.05, 0.1) is 0 Å². The van der Waals surface area contributed by atoms with Gasteiger partial charge in [-0.05, 0) is 12.8 Å². The Kier molecular flexibility index (Phi) is 8.23. The summed E-state index contributed by atoms with van der Waals surface area (Å²) < 4.78 is 0. The van der Waals surface area contributed by atoms with Gasteiger partial charge in [0.15, 0.2) is 0 Å². The Morgan fingerprint density at radius 2 is 1.70 bits per heavy atom. The maximum atomic E-state index is 12.1. The monoisotopic (exact) mass is 284 g/mol. The van der Waals surface area contributed by atoms with E-state index in [4.69, 9.17) is 0 Å². The van der Waals surface area contributed by atoms with Gasteiger partial charge in [-0.3, -0.25) is 19.8 Å². The summed E-state index contributed by atoms with van der Waals surface area (Å²) in [5, 5.41) is 5.19. The predicted octanol–water partition coefficient (Wildman–Crippen LogP) is -0.541. The molecule has 0 bridgehead atoms. The third-order valence-electron chi connectivity index (χ3n) is 2.60. The zero-order valence-corrected chi connectivity index (χ0v) is 12.4. The van der Waals surface area contributed by atoms with Crippen LogP contribution in [0.15, 0.2) is 12.7 Å². The molecule has 0 aliphatic heterocycles. The Morgan fingerprint density at radius 3 is 2.15 bits per heavy atom.